The van der Waals surface area contributed by atoms with E-state index in [-0.39, 0.29) is 46.2 Å². The Kier molecular flexibility index (Phi) is 7.80. The summed E-state index contributed by atoms with van der Waals surface area (Å²) < 4.78 is 84.4. The van der Waals surface area contributed by atoms with Gasteiger partial charge in [-0.1, -0.05) is 18.2 Å². The van der Waals surface area contributed by atoms with Crippen LogP contribution < -0.4 is 10.6 Å². The van der Waals surface area contributed by atoms with Crippen LogP contribution in [-0.4, -0.2) is 41.2 Å². The Morgan fingerprint density at radius 2 is 1.80 bits per heavy atom. The number of aliphatic hydroxyl groups is 1. The molecule has 3 aromatic rings. The first-order valence-electron chi connectivity index (χ1n) is 14.3. The number of carbonyl (C=O) groups is 2. The molecule has 6 nitrogen and oxygen atoms in total. The van der Waals surface area contributed by atoms with E-state index in [0.717, 1.165) is 24.3 Å². The Balaban J connectivity index is 1.35. The number of nitrogens with one attached hydrogen (secondary N) is 2. The molecule has 0 spiro atoms. The molecule has 2 amide bonds. The van der Waals surface area contributed by atoms with Crippen molar-refractivity contribution in [2.45, 2.75) is 37.6 Å². The van der Waals surface area contributed by atoms with E-state index in [1.165, 1.54) is 25.4 Å². The van der Waals surface area contributed by atoms with Crippen LogP contribution in [0.25, 0.3) is 11.1 Å². The Morgan fingerprint density at radius 3 is 2.49 bits per heavy atom. The maximum absolute atomic E-state index is 14.5. The van der Waals surface area contributed by atoms with Crippen molar-refractivity contribution < 1.29 is 41.0 Å². The normalized spacial score (nSPS) is 22.4. The molecule has 3 N–H and O–H groups in total. The molecule has 3 aliphatic carbocycles. The summed E-state index contributed by atoms with van der Waals surface area (Å²) in [5.41, 5.74) is 0.347. The molecule has 5 atom stereocenters. The van der Waals surface area contributed by atoms with Crippen molar-refractivity contribution in [1.82, 2.24) is 15.6 Å². The fraction of sp³-hybridized carbons (Fsp3) is 0.303. The molecule has 1 fully saturated rings. The molecule has 0 saturated heterocycles. The van der Waals surface area contributed by atoms with E-state index in [4.69, 9.17) is 0 Å². The number of nitrogens with zero attached hydrogens (tertiary/aromatic N) is 1. The minimum absolute atomic E-state index is 0.0832. The number of carbonyl (C=O) groups excluding carboxylic acids is 2. The van der Waals surface area contributed by atoms with Crippen molar-refractivity contribution in [3.63, 3.8) is 0 Å². The number of rotatable bonds is 8. The van der Waals surface area contributed by atoms with Gasteiger partial charge in [0, 0.05) is 37.2 Å². The number of aliphatic hydroxyl groups excluding tert-OH is 1. The molecule has 4 unspecified atom stereocenters. The second kappa shape index (κ2) is 11.5. The first kappa shape index (κ1) is 30.6. The zero-order chi connectivity index (χ0) is 32.2. The molecule has 6 rings (SSSR count). The van der Waals surface area contributed by atoms with Gasteiger partial charge in [0.2, 0.25) is 5.91 Å². The first-order valence-corrected chi connectivity index (χ1v) is 14.3. The average Bonchev–Trinajstić information content (AvgIpc) is 3.60. The van der Waals surface area contributed by atoms with Crippen molar-refractivity contribution in [3.8, 4) is 11.1 Å². The standard InChI is InChI=1S/C33H27F6N3O3/c1-40-32(45)23-10-16(4-5-25(23)36)20-3-2-6-41-30(20)26(9-15-7-18(34)13-19(35)8-15)42-27(43)12-17-11-24(33(37,38)39)29-21-14-22(21)31(44)28(17)29/h2-8,10-11,13,17,21-22,26,31,44H,9,12,14H2,1H3,(H,40,45)(H,42,43)/t17?,21?,22?,26-,31?/m0/s1. The van der Waals surface area contributed by atoms with Crippen LogP contribution in [-0.2, 0) is 11.2 Å². The third kappa shape index (κ3) is 5.86. The zero-order valence-electron chi connectivity index (χ0n) is 23.8. The van der Waals surface area contributed by atoms with E-state index in [9.17, 15) is 41.0 Å². The van der Waals surface area contributed by atoms with E-state index >= 15 is 0 Å². The average molecular weight is 628 g/mol. The topological polar surface area (TPSA) is 91.3 Å². The molecule has 1 saturated carbocycles. The highest BCUT2D eigenvalue weighted by molar-refractivity contribution is 5.95. The number of halogens is 6. The predicted molar refractivity (Wildman–Crippen MR) is 151 cm³/mol. The van der Waals surface area contributed by atoms with Crippen LogP contribution in [0.5, 0.6) is 0 Å². The molecular formula is C33H27F6N3O3. The summed E-state index contributed by atoms with van der Waals surface area (Å²) in [6.07, 6.45) is -3.42. The molecule has 12 heteroatoms. The first-order chi connectivity index (χ1) is 21.3. The molecule has 2 aromatic carbocycles. The van der Waals surface area contributed by atoms with Crippen LogP contribution >= 0.6 is 0 Å². The lowest BCUT2D eigenvalue weighted by Gasteiger charge is -2.23. The van der Waals surface area contributed by atoms with Gasteiger partial charge in [-0.25, -0.2) is 13.2 Å². The van der Waals surface area contributed by atoms with E-state index in [0.29, 0.717) is 23.6 Å². The maximum atomic E-state index is 14.5. The number of hydrogen-bond donors (Lipinski definition) is 3. The van der Waals surface area contributed by atoms with Gasteiger partial charge in [-0.2, -0.15) is 13.2 Å². The number of pyridine rings is 1. The summed E-state index contributed by atoms with van der Waals surface area (Å²) >= 11 is 0. The van der Waals surface area contributed by atoms with E-state index in [2.05, 4.69) is 15.6 Å². The summed E-state index contributed by atoms with van der Waals surface area (Å²) in [6.45, 7) is 0. The lowest BCUT2D eigenvalue weighted by Crippen LogP contribution is -2.33. The van der Waals surface area contributed by atoms with E-state index < -0.39 is 65.5 Å². The van der Waals surface area contributed by atoms with Gasteiger partial charge >= 0.3 is 6.18 Å². The number of fused-ring (bicyclic) bond motifs is 2. The van der Waals surface area contributed by atoms with Crippen LogP contribution in [0.2, 0.25) is 0 Å². The van der Waals surface area contributed by atoms with Gasteiger partial charge in [-0.15, -0.1) is 0 Å². The third-order valence-electron chi connectivity index (χ3n) is 8.63. The third-order valence-corrected chi connectivity index (χ3v) is 8.63. The fourth-order valence-electron chi connectivity index (χ4n) is 6.65. The molecule has 0 bridgehead atoms. The van der Waals surface area contributed by atoms with Crippen LogP contribution in [0, 0.1) is 35.2 Å². The highest BCUT2D eigenvalue weighted by atomic mass is 19.4. The monoisotopic (exact) mass is 627 g/mol. The number of alkyl halides is 3. The van der Waals surface area contributed by atoms with Gasteiger partial charge in [0.25, 0.3) is 5.91 Å². The number of aromatic nitrogens is 1. The van der Waals surface area contributed by atoms with Gasteiger partial charge < -0.3 is 15.7 Å². The minimum Gasteiger partial charge on any atom is -0.388 e. The SMILES string of the molecule is CNC(=O)c1cc(-c2cccnc2[C@H](Cc2cc(F)cc(F)c2)NC(=O)CC2C=C(C(F)(F)F)C3=C2C(O)C2CC32)ccc1F. The number of allylic oxidation sites excluding steroid dienone is 3. The molecule has 1 heterocycles. The Bertz CT molecular complexity index is 1750. The van der Waals surface area contributed by atoms with Crippen molar-refractivity contribution in [3.05, 3.63) is 112 Å². The lowest BCUT2D eigenvalue weighted by atomic mass is 9.91. The van der Waals surface area contributed by atoms with E-state index in [1.54, 1.807) is 12.1 Å². The molecule has 1 aromatic heterocycles. The van der Waals surface area contributed by atoms with Crippen molar-refractivity contribution in [1.29, 1.82) is 0 Å². The highest BCUT2D eigenvalue weighted by Gasteiger charge is 2.60. The number of benzene rings is 2. The van der Waals surface area contributed by atoms with Crippen LogP contribution in [0.1, 0.15) is 40.5 Å². The summed E-state index contributed by atoms with van der Waals surface area (Å²) in [6, 6.07) is 8.80. The summed E-state index contributed by atoms with van der Waals surface area (Å²) in [5, 5.41) is 15.9. The van der Waals surface area contributed by atoms with Gasteiger partial charge in [0.1, 0.15) is 17.5 Å². The molecular weight excluding hydrogens is 600 g/mol. The van der Waals surface area contributed by atoms with E-state index in [1.807, 2.05) is 0 Å². The molecule has 3 aliphatic rings. The Hall–Kier alpha value is -4.45. The van der Waals surface area contributed by atoms with Gasteiger partial charge in [0.15, 0.2) is 0 Å². The fourth-order valence-corrected chi connectivity index (χ4v) is 6.65. The van der Waals surface area contributed by atoms with Gasteiger partial charge in [-0.05, 0) is 77.3 Å². The summed E-state index contributed by atoms with van der Waals surface area (Å²) in [4.78, 5) is 30.2. The van der Waals surface area contributed by atoms with Crippen molar-refractivity contribution >= 4 is 11.8 Å². The molecule has 0 radical (unpaired) electrons. The summed E-state index contributed by atoms with van der Waals surface area (Å²) in [7, 11) is 1.34. The molecule has 234 valence electrons. The van der Waals surface area contributed by atoms with Gasteiger partial charge in [-0.3, -0.25) is 14.6 Å². The Morgan fingerprint density at radius 1 is 1.07 bits per heavy atom. The van der Waals surface area contributed by atoms with Crippen molar-refractivity contribution in [2.75, 3.05) is 7.05 Å². The number of amides is 2. The smallest absolute Gasteiger partial charge is 0.388 e. The zero-order valence-corrected chi connectivity index (χ0v) is 23.8. The quantitative estimate of drug-likeness (QED) is 0.278. The van der Waals surface area contributed by atoms with Crippen LogP contribution in [0.15, 0.2) is 77.5 Å². The van der Waals surface area contributed by atoms with Crippen LogP contribution in [0.3, 0.4) is 0 Å². The second-order valence-corrected chi connectivity index (χ2v) is 11.5. The largest absolute Gasteiger partial charge is 0.416 e. The Labute approximate surface area is 253 Å². The highest BCUT2D eigenvalue weighted by Crippen LogP contribution is 2.63. The minimum atomic E-state index is -4.64. The second-order valence-electron chi connectivity index (χ2n) is 11.5. The predicted octanol–water partition coefficient (Wildman–Crippen LogP) is 5.74. The maximum Gasteiger partial charge on any atom is 0.416 e. The summed E-state index contributed by atoms with van der Waals surface area (Å²) in [5.74, 6) is -5.48. The molecule has 0 aliphatic heterocycles. The van der Waals surface area contributed by atoms with Crippen LogP contribution in [0.4, 0.5) is 26.3 Å². The van der Waals surface area contributed by atoms with Gasteiger partial charge in [0.05, 0.1) is 29.0 Å². The number of hydrogen-bond acceptors (Lipinski definition) is 4. The van der Waals surface area contributed by atoms with Crippen molar-refractivity contribution in [2.24, 2.45) is 17.8 Å². The lowest BCUT2D eigenvalue weighted by molar-refractivity contribution is -0.122. The molecule has 45 heavy (non-hydrogen) atoms.